The van der Waals surface area contributed by atoms with Crippen molar-refractivity contribution in [2.75, 3.05) is 13.1 Å². The van der Waals surface area contributed by atoms with E-state index in [1.807, 2.05) is 73.3 Å². The molecule has 0 aliphatic carbocycles. The zero-order valence-corrected chi connectivity index (χ0v) is 17.5. The van der Waals surface area contributed by atoms with Crippen LogP contribution in [0.5, 0.6) is 0 Å². The lowest BCUT2D eigenvalue weighted by Gasteiger charge is -2.24. The monoisotopic (exact) mass is 445 g/mol. The predicted molar refractivity (Wildman–Crippen MR) is 110 cm³/mol. The van der Waals surface area contributed by atoms with E-state index in [1.54, 1.807) is 0 Å². The first-order valence-corrected chi connectivity index (χ1v) is 10.4. The van der Waals surface area contributed by atoms with Gasteiger partial charge in [0.05, 0.1) is 0 Å². The van der Waals surface area contributed by atoms with Crippen LogP contribution in [0.15, 0.2) is 68.7 Å². The molecule has 1 amide bonds. The SMILES string of the molecule is CCN(CC)C(=O)C(Sc1nnc(-c2ccc(Br)cc2)o1)c1ccccc1. The summed E-state index contributed by atoms with van der Waals surface area (Å²) in [5.74, 6) is 0.478. The summed E-state index contributed by atoms with van der Waals surface area (Å²) in [7, 11) is 0. The smallest absolute Gasteiger partial charge is 0.277 e. The fourth-order valence-electron chi connectivity index (χ4n) is 2.66. The molecule has 0 saturated heterocycles. The average Bonchev–Trinajstić information content (AvgIpc) is 3.17. The van der Waals surface area contributed by atoms with Crippen molar-refractivity contribution in [3.8, 4) is 11.5 Å². The molecular formula is C20H20BrN3O2S. The first-order valence-electron chi connectivity index (χ1n) is 8.72. The van der Waals surface area contributed by atoms with Crippen LogP contribution in [0, 0.1) is 0 Å². The van der Waals surface area contributed by atoms with Gasteiger partial charge in [0.2, 0.25) is 11.8 Å². The van der Waals surface area contributed by atoms with Gasteiger partial charge in [-0.25, -0.2) is 0 Å². The van der Waals surface area contributed by atoms with Crippen LogP contribution < -0.4 is 0 Å². The third-order valence-corrected chi connectivity index (χ3v) is 5.72. The number of hydrogen-bond acceptors (Lipinski definition) is 5. The molecule has 0 aliphatic rings. The molecule has 140 valence electrons. The summed E-state index contributed by atoms with van der Waals surface area (Å²) in [4.78, 5) is 14.9. The van der Waals surface area contributed by atoms with Crippen LogP contribution in [0.4, 0.5) is 0 Å². The molecule has 1 heterocycles. The lowest BCUT2D eigenvalue weighted by atomic mass is 10.1. The number of rotatable bonds is 7. The minimum atomic E-state index is -0.427. The molecule has 1 aromatic heterocycles. The quantitative estimate of drug-likeness (QED) is 0.467. The van der Waals surface area contributed by atoms with Crippen molar-refractivity contribution in [2.45, 2.75) is 24.3 Å². The molecule has 0 bridgehead atoms. The molecule has 2 aromatic carbocycles. The fraction of sp³-hybridized carbons (Fsp3) is 0.250. The van der Waals surface area contributed by atoms with Gasteiger partial charge in [0.25, 0.3) is 5.22 Å². The van der Waals surface area contributed by atoms with E-state index in [0.29, 0.717) is 24.2 Å². The maximum Gasteiger partial charge on any atom is 0.277 e. The summed E-state index contributed by atoms with van der Waals surface area (Å²) in [6, 6.07) is 17.3. The number of hydrogen-bond donors (Lipinski definition) is 0. The number of carbonyl (C=O) groups is 1. The highest BCUT2D eigenvalue weighted by Crippen LogP contribution is 2.37. The summed E-state index contributed by atoms with van der Waals surface area (Å²) in [6.07, 6.45) is 0. The molecule has 0 radical (unpaired) electrons. The van der Waals surface area contributed by atoms with Crippen molar-refractivity contribution in [2.24, 2.45) is 0 Å². The third-order valence-electron chi connectivity index (χ3n) is 4.12. The average molecular weight is 446 g/mol. The number of likely N-dealkylation sites (N-methyl/N-ethyl adjacent to an activating group) is 1. The van der Waals surface area contributed by atoms with Crippen molar-refractivity contribution >= 4 is 33.6 Å². The Morgan fingerprint density at radius 3 is 2.37 bits per heavy atom. The highest BCUT2D eigenvalue weighted by molar-refractivity contribution is 9.10. The summed E-state index contributed by atoms with van der Waals surface area (Å²) >= 11 is 4.70. The second kappa shape index (κ2) is 9.19. The minimum absolute atomic E-state index is 0.0413. The number of amides is 1. The van der Waals surface area contributed by atoms with Gasteiger partial charge in [0, 0.05) is 23.1 Å². The molecule has 3 aromatic rings. The lowest BCUT2D eigenvalue weighted by Crippen LogP contribution is -2.33. The summed E-state index contributed by atoms with van der Waals surface area (Å²) in [6.45, 7) is 5.28. The highest BCUT2D eigenvalue weighted by atomic mass is 79.9. The minimum Gasteiger partial charge on any atom is -0.411 e. The maximum absolute atomic E-state index is 13.0. The predicted octanol–water partition coefficient (Wildman–Crippen LogP) is 5.20. The molecule has 3 rings (SSSR count). The van der Waals surface area contributed by atoms with Gasteiger partial charge in [-0.1, -0.05) is 46.3 Å². The van der Waals surface area contributed by atoms with E-state index in [4.69, 9.17) is 4.42 Å². The van der Waals surface area contributed by atoms with E-state index in [0.717, 1.165) is 15.6 Å². The number of halogens is 1. The van der Waals surface area contributed by atoms with Crippen LogP contribution in [-0.4, -0.2) is 34.1 Å². The molecule has 0 aliphatic heterocycles. The van der Waals surface area contributed by atoms with E-state index in [1.165, 1.54) is 11.8 Å². The zero-order chi connectivity index (χ0) is 19.2. The van der Waals surface area contributed by atoms with Gasteiger partial charge in [-0.3, -0.25) is 4.79 Å². The van der Waals surface area contributed by atoms with E-state index >= 15 is 0 Å². The highest BCUT2D eigenvalue weighted by Gasteiger charge is 2.28. The standard InChI is InChI=1S/C20H20BrN3O2S/c1-3-24(4-2)19(25)17(14-8-6-5-7-9-14)27-20-23-22-18(26-20)15-10-12-16(21)13-11-15/h5-13,17H,3-4H2,1-2H3. The largest absolute Gasteiger partial charge is 0.411 e. The molecule has 5 nitrogen and oxygen atoms in total. The van der Waals surface area contributed by atoms with E-state index in [-0.39, 0.29) is 5.91 Å². The van der Waals surface area contributed by atoms with Gasteiger partial charge in [0.1, 0.15) is 5.25 Å². The Balaban J connectivity index is 1.86. The van der Waals surface area contributed by atoms with E-state index in [2.05, 4.69) is 26.1 Å². The number of nitrogens with zero attached hydrogens (tertiary/aromatic N) is 3. The summed E-state index contributed by atoms with van der Waals surface area (Å²) in [5.41, 5.74) is 1.76. The number of carbonyl (C=O) groups excluding carboxylic acids is 1. The molecule has 7 heteroatoms. The van der Waals surface area contributed by atoms with Crippen LogP contribution in [0.25, 0.3) is 11.5 Å². The first-order chi connectivity index (χ1) is 13.1. The fourth-order valence-corrected chi connectivity index (χ4v) is 3.88. The second-order valence-electron chi connectivity index (χ2n) is 5.80. The molecule has 1 atom stereocenters. The third kappa shape index (κ3) is 4.78. The Labute approximate surface area is 171 Å². The normalized spacial score (nSPS) is 12.0. The molecule has 0 saturated carbocycles. The van der Waals surface area contributed by atoms with Gasteiger partial charge >= 0.3 is 0 Å². The van der Waals surface area contributed by atoms with Crippen molar-refractivity contribution in [1.29, 1.82) is 0 Å². The van der Waals surface area contributed by atoms with Crippen LogP contribution in [0.2, 0.25) is 0 Å². The van der Waals surface area contributed by atoms with Crippen LogP contribution >= 0.6 is 27.7 Å². The molecular weight excluding hydrogens is 426 g/mol. The maximum atomic E-state index is 13.0. The summed E-state index contributed by atoms with van der Waals surface area (Å²) in [5, 5.41) is 8.22. The van der Waals surface area contributed by atoms with E-state index in [9.17, 15) is 4.79 Å². The van der Waals surface area contributed by atoms with Crippen LogP contribution in [-0.2, 0) is 4.79 Å². The molecule has 0 N–H and O–H groups in total. The zero-order valence-electron chi connectivity index (χ0n) is 15.1. The van der Waals surface area contributed by atoms with Gasteiger partial charge in [-0.2, -0.15) is 0 Å². The molecule has 0 fully saturated rings. The molecule has 27 heavy (non-hydrogen) atoms. The van der Waals surface area contributed by atoms with Crippen molar-refractivity contribution in [1.82, 2.24) is 15.1 Å². The lowest BCUT2D eigenvalue weighted by molar-refractivity contribution is -0.130. The van der Waals surface area contributed by atoms with Gasteiger partial charge < -0.3 is 9.32 Å². The Morgan fingerprint density at radius 1 is 1.07 bits per heavy atom. The molecule has 0 spiro atoms. The van der Waals surface area contributed by atoms with Crippen molar-refractivity contribution in [3.63, 3.8) is 0 Å². The van der Waals surface area contributed by atoms with Crippen molar-refractivity contribution < 1.29 is 9.21 Å². The number of aromatic nitrogens is 2. The topological polar surface area (TPSA) is 59.2 Å². The van der Waals surface area contributed by atoms with Crippen molar-refractivity contribution in [3.05, 3.63) is 64.6 Å². The first kappa shape index (κ1) is 19.6. The summed E-state index contributed by atoms with van der Waals surface area (Å²) < 4.78 is 6.79. The Hall–Kier alpha value is -2.12. The van der Waals surface area contributed by atoms with E-state index < -0.39 is 5.25 Å². The van der Waals surface area contributed by atoms with Crippen LogP contribution in [0.1, 0.15) is 24.7 Å². The van der Waals surface area contributed by atoms with Gasteiger partial charge in [0.15, 0.2) is 0 Å². The Kier molecular flexibility index (Phi) is 6.68. The number of thioether (sulfide) groups is 1. The second-order valence-corrected chi connectivity index (χ2v) is 7.77. The van der Waals surface area contributed by atoms with Gasteiger partial charge in [-0.15, -0.1) is 10.2 Å². The number of benzene rings is 2. The Morgan fingerprint density at radius 2 is 1.74 bits per heavy atom. The Bertz CT molecular complexity index is 880. The van der Waals surface area contributed by atoms with Crippen LogP contribution in [0.3, 0.4) is 0 Å². The van der Waals surface area contributed by atoms with Gasteiger partial charge in [-0.05, 0) is 55.4 Å². The molecule has 1 unspecified atom stereocenters.